The molecule has 3 rings (SSSR count). The predicted octanol–water partition coefficient (Wildman–Crippen LogP) is -0.0932. The van der Waals surface area contributed by atoms with Gasteiger partial charge < -0.3 is 20.1 Å². The van der Waals surface area contributed by atoms with Gasteiger partial charge in [-0.3, -0.25) is 9.59 Å². The van der Waals surface area contributed by atoms with Crippen molar-refractivity contribution in [3.8, 4) is 5.75 Å². The Bertz CT molecular complexity index is 559. The number of hydrogen-bond donors (Lipinski definition) is 2. The van der Waals surface area contributed by atoms with E-state index in [1.165, 1.54) is 17.2 Å². The van der Waals surface area contributed by atoms with Crippen molar-refractivity contribution in [3.63, 3.8) is 0 Å². The maximum Gasteiger partial charge on any atom is 0.277 e. The Morgan fingerprint density at radius 3 is 2.95 bits per heavy atom. The molecule has 7 nitrogen and oxygen atoms in total. The van der Waals surface area contributed by atoms with E-state index in [1.54, 1.807) is 6.07 Å². The monoisotopic (exact) mass is 291 g/mol. The second kappa shape index (κ2) is 5.69. The molecule has 21 heavy (non-hydrogen) atoms. The van der Waals surface area contributed by atoms with Crippen LogP contribution in [0.3, 0.4) is 0 Å². The Morgan fingerprint density at radius 2 is 2.24 bits per heavy atom. The van der Waals surface area contributed by atoms with Crippen molar-refractivity contribution in [2.45, 2.75) is 24.9 Å². The van der Waals surface area contributed by atoms with Gasteiger partial charge in [0, 0.05) is 18.8 Å². The molecule has 2 heterocycles. The third kappa shape index (κ3) is 2.97. The van der Waals surface area contributed by atoms with E-state index in [9.17, 15) is 14.7 Å². The second-order valence-corrected chi connectivity index (χ2v) is 5.24. The van der Waals surface area contributed by atoms with Crippen molar-refractivity contribution in [2.75, 3.05) is 19.8 Å². The van der Waals surface area contributed by atoms with Crippen molar-refractivity contribution < 1.29 is 19.4 Å². The van der Waals surface area contributed by atoms with Gasteiger partial charge in [0.25, 0.3) is 5.91 Å². The van der Waals surface area contributed by atoms with Gasteiger partial charge in [0.1, 0.15) is 11.8 Å². The molecule has 1 aromatic rings. The first-order valence-electron chi connectivity index (χ1n) is 7.00. The maximum atomic E-state index is 12.5. The molecule has 2 N–H and O–H groups in total. The highest BCUT2D eigenvalue weighted by atomic mass is 16.5. The molecule has 1 atom stereocenters. The highest BCUT2D eigenvalue weighted by Gasteiger charge is 2.36. The molecule has 1 saturated heterocycles. The molecule has 1 unspecified atom stereocenters. The van der Waals surface area contributed by atoms with E-state index in [2.05, 4.69) is 10.3 Å². The van der Waals surface area contributed by atoms with Crippen LogP contribution in [-0.2, 0) is 9.53 Å². The molecule has 2 aliphatic rings. The first-order valence-corrected chi connectivity index (χ1v) is 7.00. The summed E-state index contributed by atoms with van der Waals surface area (Å²) in [5.74, 6) is -0.844. The molecular weight excluding hydrogens is 274 g/mol. The van der Waals surface area contributed by atoms with Gasteiger partial charge >= 0.3 is 0 Å². The van der Waals surface area contributed by atoms with E-state index < -0.39 is 11.9 Å². The van der Waals surface area contributed by atoms with Crippen LogP contribution in [0.5, 0.6) is 5.75 Å². The van der Waals surface area contributed by atoms with Gasteiger partial charge in [-0.1, -0.05) is 0 Å². The van der Waals surface area contributed by atoms with Crippen molar-refractivity contribution in [1.82, 2.24) is 15.2 Å². The van der Waals surface area contributed by atoms with Crippen molar-refractivity contribution >= 4 is 11.8 Å². The summed E-state index contributed by atoms with van der Waals surface area (Å²) in [5, 5.41) is 12.6. The average Bonchev–Trinajstić information content (AvgIpc) is 3.31. The third-order valence-corrected chi connectivity index (χ3v) is 3.60. The van der Waals surface area contributed by atoms with Crippen LogP contribution >= 0.6 is 0 Å². The lowest BCUT2D eigenvalue weighted by Crippen LogP contribution is -2.56. The van der Waals surface area contributed by atoms with Gasteiger partial charge in [0.05, 0.1) is 13.2 Å². The van der Waals surface area contributed by atoms with Crippen LogP contribution < -0.4 is 5.32 Å². The summed E-state index contributed by atoms with van der Waals surface area (Å²) in [6.45, 7) is 0.835. The standard InChI is InChI=1S/C14H17N3O4/c18-11-2-1-5-15-12(11)14(20)17-6-7-21-8-10(17)13(19)16-9-3-4-9/h1-2,5,9-10,18H,3-4,6-8H2,(H,16,19). The minimum absolute atomic E-state index is 0.0383. The number of ether oxygens (including phenoxy) is 1. The summed E-state index contributed by atoms with van der Waals surface area (Å²) in [4.78, 5) is 30.0. The van der Waals surface area contributed by atoms with E-state index in [0.717, 1.165) is 12.8 Å². The van der Waals surface area contributed by atoms with E-state index >= 15 is 0 Å². The van der Waals surface area contributed by atoms with Crippen molar-refractivity contribution in [2.24, 2.45) is 0 Å². The second-order valence-electron chi connectivity index (χ2n) is 5.24. The first-order chi connectivity index (χ1) is 10.2. The van der Waals surface area contributed by atoms with E-state index in [0.29, 0.717) is 13.2 Å². The Hall–Kier alpha value is -2.15. The number of carbonyl (C=O) groups excluding carboxylic acids is 2. The van der Waals surface area contributed by atoms with Crippen LogP contribution in [0.15, 0.2) is 18.3 Å². The first kappa shape index (κ1) is 13.8. The quantitative estimate of drug-likeness (QED) is 0.812. The zero-order valence-electron chi connectivity index (χ0n) is 11.5. The molecule has 112 valence electrons. The van der Waals surface area contributed by atoms with E-state index in [4.69, 9.17) is 4.74 Å². The van der Waals surface area contributed by atoms with Crippen molar-refractivity contribution in [1.29, 1.82) is 0 Å². The Balaban J connectivity index is 1.78. The Morgan fingerprint density at radius 1 is 1.43 bits per heavy atom. The molecule has 7 heteroatoms. The van der Waals surface area contributed by atoms with Crippen LogP contribution in [0.1, 0.15) is 23.3 Å². The van der Waals surface area contributed by atoms with Crippen LogP contribution in [0.4, 0.5) is 0 Å². The number of nitrogens with zero attached hydrogens (tertiary/aromatic N) is 2. The highest BCUT2D eigenvalue weighted by Crippen LogP contribution is 2.21. The largest absolute Gasteiger partial charge is 0.505 e. The smallest absolute Gasteiger partial charge is 0.277 e. The summed E-state index contributed by atoms with van der Waals surface area (Å²) in [5.41, 5.74) is -0.0383. The molecule has 0 aromatic carbocycles. The third-order valence-electron chi connectivity index (χ3n) is 3.60. The summed E-state index contributed by atoms with van der Waals surface area (Å²) in [6.07, 6.45) is 3.40. The summed E-state index contributed by atoms with van der Waals surface area (Å²) >= 11 is 0. The lowest BCUT2D eigenvalue weighted by molar-refractivity contribution is -0.130. The molecule has 2 amide bonds. The van der Waals surface area contributed by atoms with Crippen molar-refractivity contribution in [3.05, 3.63) is 24.0 Å². The van der Waals surface area contributed by atoms with E-state index in [1.807, 2.05) is 0 Å². The fraction of sp³-hybridized carbons (Fsp3) is 0.500. The number of hydrogen-bond acceptors (Lipinski definition) is 5. The lowest BCUT2D eigenvalue weighted by Gasteiger charge is -2.34. The number of amides is 2. The fourth-order valence-electron chi connectivity index (χ4n) is 2.29. The highest BCUT2D eigenvalue weighted by molar-refractivity contribution is 5.98. The van der Waals surface area contributed by atoms with Gasteiger partial charge in [0.15, 0.2) is 5.69 Å². The molecule has 0 spiro atoms. The molecule has 0 bridgehead atoms. The topological polar surface area (TPSA) is 91.8 Å². The molecule has 1 aromatic heterocycles. The predicted molar refractivity (Wildman–Crippen MR) is 72.7 cm³/mol. The zero-order valence-corrected chi connectivity index (χ0v) is 11.5. The number of nitrogens with one attached hydrogen (secondary N) is 1. The van der Waals surface area contributed by atoms with Gasteiger partial charge in [-0.05, 0) is 25.0 Å². The molecule has 1 saturated carbocycles. The van der Waals surface area contributed by atoms with Gasteiger partial charge in [-0.2, -0.15) is 0 Å². The minimum Gasteiger partial charge on any atom is -0.505 e. The SMILES string of the molecule is O=C(NC1CC1)C1COCCN1C(=O)c1ncccc1O. The number of pyridine rings is 1. The number of aromatic hydroxyl groups is 1. The molecule has 1 aliphatic carbocycles. The normalized spacial score (nSPS) is 21.9. The summed E-state index contributed by atoms with van der Waals surface area (Å²) in [6, 6.07) is 2.50. The fourth-order valence-corrected chi connectivity index (χ4v) is 2.29. The number of carbonyl (C=O) groups is 2. The van der Waals surface area contributed by atoms with Crippen LogP contribution in [0.25, 0.3) is 0 Å². The Kier molecular flexibility index (Phi) is 3.74. The Labute approximate surface area is 121 Å². The number of morpholine rings is 1. The number of aromatic nitrogens is 1. The summed E-state index contributed by atoms with van der Waals surface area (Å²) < 4.78 is 5.31. The number of rotatable bonds is 3. The minimum atomic E-state index is -0.673. The molecule has 2 fully saturated rings. The lowest BCUT2D eigenvalue weighted by atomic mass is 10.1. The van der Waals surface area contributed by atoms with Gasteiger partial charge in [-0.15, -0.1) is 0 Å². The van der Waals surface area contributed by atoms with E-state index in [-0.39, 0.29) is 30.0 Å². The van der Waals surface area contributed by atoms with Crippen LogP contribution in [-0.4, -0.2) is 58.6 Å². The zero-order chi connectivity index (χ0) is 14.8. The molecule has 0 radical (unpaired) electrons. The summed E-state index contributed by atoms with van der Waals surface area (Å²) in [7, 11) is 0. The maximum absolute atomic E-state index is 12.5. The molecular formula is C14H17N3O4. The average molecular weight is 291 g/mol. The molecule has 1 aliphatic heterocycles. The van der Waals surface area contributed by atoms with Crippen LogP contribution in [0, 0.1) is 0 Å². The van der Waals surface area contributed by atoms with Crippen LogP contribution in [0.2, 0.25) is 0 Å². The van der Waals surface area contributed by atoms with Gasteiger partial charge in [0.2, 0.25) is 5.91 Å². The van der Waals surface area contributed by atoms with Gasteiger partial charge in [-0.25, -0.2) is 4.98 Å².